The number of carbonyl (C=O) groups excluding carboxylic acids is 3. The first-order valence-corrected chi connectivity index (χ1v) is 10.3. The van der Waals surface area contributed by atoms with E-state index in [9.17, 15) is 14.4 Å². The van der Waals surface area contributed by atoms with E-state index in [1.807, 2.05) is 12.2 Å². The summed E-state index contributed by atoms with van der Waals surface area (Å²) in [7, 11) is 0. The van der Waals surface area contributed by atoms with Crippen molar-refractivity contribution in [3.63, 3.8) is 0 Å². The first-order chi connectivity index (χ1) is 12.5. The van der Waals surface area contributed by atoms with Crippen LogP contribution in [-0.4, -0.2) is 35.7 Å². The van der Waals surface area contributed by atoms with Crippen LogP contribution in [0.3, 0.4) is 0 Å². The molecule has 4 bridgehead atoms. The number of carbonyl (C=O) groups is 3. The number of fused-ring (bicyclic) bond motifs is 1. The Morgan fingerprint density at radius 1 is 0.962 bits per heavy atom. The smallest absolute Gasteiger partial charge is 0.240 e. The Labute approximate surface area is 154 Å². The summed E-state index contributed by atoms with van der Waals surface area (Å²) >= 11 is 0. The number of hydrogen-bond donors (Lipinski definition) is 1. The van der Waals surface area contributed by atoms with Gasteiger partial charge in [0.1, 0.15) is 6.54 Å². The normalized spacial score (nSPS) is 43.1. The van der Waals surface area contributed by atoms with Gasteiger partial charge < -0.3 is 5.32 Å². The van der Waals surface area contributed by atoms with Gasteiger partial charge in [0, 0.05) is 6.54 Å². The molecule has 0 aromatic heterocycles. The van der Waals surface area contributed by atoms with Crippen LogP contribution in [0.2, 0.25) is 0 Å². The van der Waals surface area contributed by atoms with Crippen LogP contribution < -0.4 is 5.32 Å². The van der Waals surface area contributed by atoms with Crippen molar-refractivity contribution < 1.29 is 14.4 Å². The minimum absolute atomic E-state index is 0.100. The quantitative estimate of drug-likeness (QED) is 0.621. The SMILES string of the molecule is O=C(CN1C(=O)[C@H]2CC=CC[C@@H]2C1=O)NCC12CC3CC(CC(C3)C1)C2. The van der Waals surface area contributed by atoms with E-state index < -0.39 is 0 Å². The third-order valence-electron chi connectivity index (χ3n) is 7.73. The summed E-state index contributed by atoms with van der Waals surface area (Å²) in [6.07, 6.45) is 13.1. The van der Waals surface area contributed by atoms with E-state index in [1.165, 1.54) is 43.4 Å². The largest absolute Gasteiger partial charge is 0.354 e. The molecule has 6 rings (SSSR count). The van der Waals surface area contributed by atoms with Gasteiger partial charge in [-0.05, 0) is 74.5 Å². The highest BCUT2D eigenvalue weighted by atomic mass is 16.2. The summed E-state index contributed by atoms with van der Waals surface area (Å²) in [6, 6.07) is 0. The Morgan fingerprint density at radius 3 is 1.96 bits per heavy atom. The molecule has 1 heterocycles. The Hall–Kier alpha value is -1.65. The molecule has 4 saturated carbocycles. The maximum absolute atomic E-state index is 12.5. The number of hydrogen-bond acceptors (Lipinski definition) is 3. The van der Waals surface area contributed by atoms with Crippen molar-refractivity contribution in [1.82, 2.24) is 10.2 Å². The number of amides is 3. The maximum atomic E-state index is 12.5. The molecule has 26 heavy (non-hydrogen) atoms. The zero-order valence-corrected chi connectivity index (χ0v) is 15.3. The van der Waals surface area contributed by atoms with Crippen molar-refractivity contribution in [3.05, 3.63) is 12.2 Å². The minimum Gasteiger partial charge on any atom is -0.354 e. The highest BCUT2D eigenvalue weighted by molar-refractivity contribution is 6.07. The van der Waals surface area contributed by atoms with Crippen LogP contribution >= 0.6 is 0 Å². The monoisotopic (exact) mass is 356 g/mol. The third-order valence-corrected chi connectivity index (χ3v) is 7.73. The molecule has 0 spiro atoms. The number of nitrogens with one attached hydrogen (secondary N) is 1. The number of imide groups is 1. The predicted octanol–water partition coefficient (Wildman–Crippen LogP) is 2.27. The molecule has 1 aliphatic heterocycles. The van der Waals surface area contributed by atoms with E-state index in [4.69, 9.17) is 0 Å². The van der Waals surface area contributed by atoms with Gasteiger partial charge in [-0.25, -0.2) is 0 Å². The molecular weight excluding hydrogens is 328 g/mol. The highest BCUT2D eigenvalue weighted by Crippen LogP contribution is 2.59. The topological polar surface area (TPSA) is 66.5 Å². The average molecular weight is 356 g/mol. The Morgan fingerprint density at radius 2 is 1.46 bits per heavy atom. The summed E-state index contributed by atoms with van der Waals surface area (Å²) < 4.78 is 0. The van der Waals surface area contributed by atoms with E-state index >= 15 is 0 Å². The second-order valence-electron chi connectivity index (χ2n) is 9.61. The van der Waals surface area contributed by atoms with Crippen LogP contribution in [0.5, 0.6) is 0 Å². The molecule has 0 aromatic rings. The van der Waals surface area contributed by atoms with E-state index in [0.29, 0.717) is 12.8 Å². The van der Waals surface area contributed by atoms with Crippen LogP contribution in [0.4, 0.5) is 0 Å². The first-order valence-electron chi connectivity index (χ1n) is 10.3. The maximum Gasteiger partial charge on any atom is 0.240 e. The van der Waals surface area contributed by atoms with E-state index in [1.54, 1.807) is 0 Å². The third kappa shape index (κ3) is 2.62. The van der Waals surface area contributed by atoms with E-state index in [2.05, 4.69) is 5.32 Å². The lowest BCUT2D eigenvalue weighted by Crippen LogP contribution is -2.52. The second kappa shape index (κ2) is 5.93. The summed E-state index contributed by atoms with van der Waals surface area (Å²) in [5.41, 5.74) is 0.279. The van der Waals surface area contributed by atoms with E-state index in [0.717, 1.165) is 24.3 Å². The van der Waals surface area contributed by atoms with Gasteiger partial charge in [0.25, 0.3) is 0 Å². The Bertz CT molecular complexity index is 621. The number of rotatable bonds is 4. The average Bonchev–Trinajstić information content (AvgIpc) is 2.84. The van der Waals surface area contributed by atoms with Gasteiger partial charge in [-0.3, -0.25) is 19.3 Å². The van der Waals surface area contributed by atoms with Gasteiger partial charge in [-0.2, -0.15) is 0 Å². The molecule has 140 valence electrons. The molecule has 0 unspecified atom stereocenters. The van der Waals surface area contributed by atoms with Crippen molar-refractivity contribution in [2.45, 2.75) is 51.4 Å². The molecule has 5 nitrogen and oxygen atoms in total. The minimum atomic E-state index is -0.247. The van der Waals surface area contributed by atoms with Crippen molar-refractivity contribution >= 4 is 17.7 Å². The molecule has 5 heteroatoms. The Balaban J connectivity index is 1.20. The lowest BCUT2D eigenvalue weighted by atomic mass is 9.49. The fourth-order valence-corrected chi connectivity index (χ4v) is 7.02. The van der Waals surface area contributed by atoms with Crippen molar-refractivity contribution in [2.75, 3.05) is 13.1 Å². The molecular formula is C21H28N2O3. The molecule has 3 amide bonds. The molecule has 0 aromatic carbocycles. The molecule has 6 aliphatic rings. The van der Waals surface area contributed by atoms with Crippen LogP contribution in [0, 0.1) is 35.0 Å². The molecule has 5 aliphatic carbocycles. The summed E-state index contributed by atoms with van der Waals surface area (Å²) in [6.45, 7) is 0.622. The molecule has 5 fully saturated rings. The van der Waals surface area contributed by atoms with Gasteiger partial charge >= 0.3 is 0 Å². The van der Waals surface area contributed by atoms with Crippen LogP contribution in [0.25, 0.3) is 0 Å². The molecule has 1 saturated heterocycles. The van der Waals surface area contributed by atoms with Crippen LogP contribution in [-0.2, 0) is 14.4 Å². The molecule has 1 N–H and O–H groups in total. The number of allylic oxidation sites excluding steroid dienone is 2. The lowest BCUT2D eigenvalue weighted by Gasteiger charge is -2.56. The zero-order chi connectivity index (χ0) is 17.9. The van der Waals surface area contributed by atoms with E-state index in [-0.39, 0.29) is 41.5 Å². The highest BCUT2D eigenvalue weighted by Gasteiger charge is 2.51. The van der Waals surface area contributed by atoms with Crippen molar-refractivity contribution in [2.24, 2.45) is 35.0 Å². The Kier molecular flexibility index (Phi) is 3.77. The van der Waals surface area contributed by atoms with Crippen molar-refractivity contribution in [1.29, 1.82) is 0 Å². The summed E-state index contributed by atoms with van der Waals surface area (Å²) in [5.74, 6) is 1.59. The molecule has 2 atom stereocenters. The van der Waals surface area contributed by atoms with Gasteiger partial charge in [-0.1, -0.05) is 12.2 Å². The standard InChI is InChI=1S/C21H28N2O3/c24-18(11-23-19(25)16-3-1-2-4-17(16)20(23)26)22-12-21-8-13-5-14(9-21)7-15(6-13)10-21/h1-2,13-17H,3-12H2,(H,22,24)/t13?,14?,15?,16-,17-,21?/m0/s1. The van der Waals surface area contributed by atoms with Crippen molar-refractivity contribution in [3.8, 4) is 0 Å². The predicted molar refractivity (Wildman–Crippen MR) is 95.7 cm³/mol. The fraction of sp³-hybridized carbons (Fsp3) is 0.762. The lowest BCUT2D eigenvalue weighted by molar-refractivity contribution is -0.144. The summed E-state index contributed by atoms with van der Waals surface area (Å²) in [4.78, 5) is 38.7. The second-order valence-corrected chi connectivity index (χ2v) is 9.61. The number of likely N-dealkylation sites (tertiary alicyclic amines) is 1. The van der Waals surface area contributed by atoms with Gasteiger partial charge in [-0.15, -0.1) is 0 Å². The zero-order valence-electron chi connectivity index (χ0n) is 15.3. The van der Waals surface area contributed by atoms with Crippen LogP contribution in [0.1, 0.15) is 51.4 Å². The first kappa shape index (κ1) is 16.5. The molecule has 0 radical (unpaired) electrons. The van der Waals surface area contributed by atoms with Gasteiger partial charge in [0.15, 0.2) is 0 Å². The van der Waals surface area contributed by atoms with Crippen LogP contribution in [0.15, 0.2) is 12.2 Å². The number of nitrogens with zero attached hydrogens (tertiary/aromatic N) is 1. The fourth-order valence-electron chi connectivity index (χ4n) is 7.02. The van der Waals surface area contributed by atoms with Gasteiger partial charge in [0.2, 0.25) is 17.7 Å². The van der Waals surface area contributed by atoms with Gasteiger partial charge in [0.05, 0.1) is 11.8 Å². The summed E-state index contributed by atoms with van der Waals surface area (Å²) in [5, 5.41) is 3.09.